The molecule has 0 amide bonds. The van der Waals surface area contributed by atoms with Gasteiger partial charge in [0, 0.05) is 36.5 Å². The van der Waals surface area contributed by atoms with Crippen molar-refractivity contribution in [2.75, 3.05) is 31.1 Å². The first-order valence-corrected chi connectivity index (χ1v) is 8.67. The Bertz CT molecular complexity index is 378. The van der Waals surface area contributed by atoms with Gasteiger partial charge in [0.1, 0.15) is 0 Å². The number of rotatable bonds is 5. The summed E-state index contributed by atoms with van der Waals surface area (Å²) in [5.74, 6) is 0.511. The van der Waals surface area contributed by atoms with Crippen LogP contribution in [-0.2, 0) is 9.84 Å². The highest BCUT2D eigenvalue weighted by atomic mass is 32.2. The van der Waals surface area contributed by atoms with E-state index in [9.17, 15) is 8.42 Å². The minimum absolute atomic E-state index is 0.0257. The van der Waals surface area contributed by atoms with Gasteiger partial charge in [-0.05, 0) is 27.2 Å². The second-order valence-corrected chi connectivity index (χ2v) is 8.71. The molecule has 18 heavy (non-hydrogen) atoms. The van der Waals surface area contributed by atoms with Crippen molar-refractivity contribution in [2.24, 2.45) is 0 Å². The van der Waals surface area contributed by atoms with Gasteiger partial charge >= 0.3 is 0 Å². The highest BCUT2D eigenvalue weighted by Gasteiger charge is 2.39. The molecule has 1 aliphatic rings. The van der Waals surface area contributed by atoms with Crippen LogP contribution in [0.5, 0.6) is 0 Å². The molecule has 1 atom stereocenters. The molecule has 0 aromatic carbocycles. The third-order valence-corrected chi connectivity index (χ3v) is 5.92. The maximum absolute atomic E-state index is 11.6. The Morgan fingerprint density at radius 3 is 2.33 bits per heavy atom. The minimum atomic E-state index is -2.88. The predicted octanol–water partition coefficient (Wildman–Crippen LogP) is 1.27. The van der Waals surface area contributed by atoms with Crippen LogP contribution in [-0.4, -0.2) is 55.5 Å². The lowest BCUT2D eigenvalue weighted by Gasteiger charge is -2.50. The van der Waals surface area contributed by atoms with Gasteiger partial charge < -0.3 is 5.32 Å². The minimum Gasteiger partial charge on any atom is -0.308 e. The van der Waals surface area contributed by atoms with Crippen molar-refractivity contribution in [3.63, 3.8) is 0 Å². The van der Waals surface area contributed by atoms with Gasteiger partial charge in [-0.3, -0.25) is 4.90 Å². The summed E-state index contributed by atoms with van der Waals surface area (Å²) in [6.45, 7) is 12.9. The van der Waals surface area contributed by atoms with Crippen LogP contribution < -0.4 is 5.32 Å². The van der Waals surface area contributed by atoms with Crippen LogP contribution in [0, 0.1) is 0 Å². The van der Waals surface area contributed by atoms with Crippen molar-refractivity contribution < 1.29 is 8.42 Å². The third-order valence-electron chi connectivity index (χ3n) is 4.24. The second kappa shape index (κ2) is 5.47. The Labute approximate surface area is 112 Å². The Balaban J connectivity index is 2.71. The van der Waals surface area contributed by atoms with Crippen molar-refractivity contribution in [3.8, 4) is 0 Å². The average Bonchev–Trinajstić information content (AvgIpc) is 2.31. The van der Waals surface area contributed by atoms with Crippen LogP contribution in [0.3, 0.4) is 0 Å². The van der Waals surface area contributed by atoms with Crippen LogP contribution in [0.4, 0.5) is 0 Å². The van der Waals surface area contributed by atoms with E-state index in [2.05, 4.69) is 37.9 Å². The lowest BCUT2D eigenvalue weighted by atomic mass is 9.88. The van der Waals surface area contributed by atoms with Gasteiger partial charge in [-0.15, -0.1) is 0 Å². The van der Waals surface area contributed by atoms with Crippen LogP contribution in [0.1, 0.15) is 41.0 Å². The normalized spacial score (nSPS) is 29.4. The third kappa shape index (κ3) is 3.93. The van der Waals surface area contributed by atoms with E-state index in [-0.39, 0.29) is 22.6 Å². The Hall–Kier alpha value is -0.130. The summed E-state index contributed by atoms with van der Waals surface area (Å²) < 4.78 is 23.3. The smallest absolute Gasteiger partial charge is 0.151 e. The number of nitrogens with one attached hydrogen (secondary N) is 1. The fourth-order valence-corrected chi connectivity index (χ4v) is 3.03. The summed E-state index contributed by atoms with van der Waals surface area (Å²) in [5.41, 5.74) is 0.128. The number of sulfone groups is 1. The summed E-state index contributed by atoms with van der Waals surface area (Å²) in [5, 5.41) is 3.59. The zero-order chi connectivity index (χ0) is 14.0. The van der Waals surface area contributed by atoms with Crippen molar-refractivity contribution >= 4 is 9.84 Å². The molecule has 1 rings (SSSR count). The molecule has 1 N–H and O–H groups in total. The van der Waals surface area contributed by atoms with E-state index in [1.807, 2.05) is 0 Å². The zero-order valence-corrected chi connectivity index (χ0v) is 13.2. The predicted molar refractivity (Wildman–Crippen MR) is 76.7 cm³/mol. The quantitative estimate of drug-likeness (QED) is 0.822. The van der Waals surface area contributed by atoms with Crippen molar-refractivity contribution in [1.82, 2.24) is 10.2 Å². The first kappa shape index (κ1) is 15.9. The molecular formula is C13H28N2O2S. The molecule has 1 unspecified atom stereocenters. The fourth-order valence-electron chi connectivity index (χ4n) is 2.24. The van der Waals surface area contributed by atoms with Gasteiger partial charge in [0.05, 0.1) is 5.75 Å². The summed E-state index contributed by atoms with van der Waals surface area (Å²) in [4.78, 5) is 2.32. The van der Waals surface area contributed by atoms with E-state index in [1.54, 1.807) is 6.92 Å². The SMILES string of the molecule is CCC1(C)CN(CCS(=O)(=O)CC)C(C)(C)CN1. The molecule has 0 spiro atoms. The molecule has 0 aromatic rings. The zero-order valence-electron chi connectivity index (χ0n) is 12.4. The molecule has 0 radical (unpaired) electrons. The molecule has 1 heterocycles. The van der Waals surface area contributed by atoms with E-state index in [0.717, 1.165) is 19.5 Å². The van der Waals surface area contributed by atoms with Gasteiger partial charge in [0.15, 0.2) is 9.84 Å². The van der Waals surface area contributed by atoms with Crippen molar-refractivity contribution in [2.45, 2.75) is 52.1 Å². The first-order chi connectivity index (χ1) is 8.14. The Morgan fingerprint density at radius 1 is 1.22 bits per heavy atom. The lowest BCUT2D eigenvalue weighted by Crippen LogP contribution is -2.67. The van der Waals surface area contributed by atoms with Crippen LogP contribution >= 0.6 is 0 Å². The molecule has 5 heteroatoms. The molecule has 0 bridgehead atoms. The molecule has 0 aromatic heterocycles. The molecular weight excluding hydrogens is 248 g/mol. The van der Waals surface area contributed by atoms with Gasteiger partial charge in [-0.25, -0.2) is 8.42 Å². The van der Waals surface area contributed by atoms with E-state index < -0.39 is 9.84 Å². The number of hydrogen-bond donors (Lipinski definition) is 1. The van der Waals surface area contributed by atoms with E-state index in [4.69, 9.17) is 0 Å². The lowest BCUT2D eigenvalue weighted by molar-refractivity contribution is 0.0366. The first-order valence-electron chi connectivity index (χ1n) is 6.85. The molecule has 1 fully saturated rings. The molecule has 1 aliphatic heterocycles. The number of nitrogens with zero attached hydrogens (tertiary/aromatic N) is 1. The largest absolute Gasteiger partial charge is 0.308 e. The van der Waals surface area contributed by atoms with Crippen LogP contribution in [0.2, 0.25) is 0 Å². The summed E-state index contributed by atoms with van der Waals surface area (Å²) in [7, 11) is -2.88. The molecule has 4 nitrogen and oxygen atoms in total. The molecule has 0 saturated carbocycles. The molecule has 1 saturated heterocycles. The van der Waals surface area contributed by atoms with Crippen molar-refractivity contribution in [3.05, 3.63) is 0 Å². The van der Waals surface area contributed by atoms with Gasteiger partial charge in [0.25, 0.3) is 0 Å². The Kier molecular flexibility index (Phi) is 4.84. The highest BCUT2D eigenvalue weighted by molar-refractivity contribution is 7.91. The molecule has 0 aliphatic carbocycles. The maximum atomic E-state index is 11.6. The standard InChI is InChI=1S/C13H28N2O2S/c1-6-13(5)11-15(12(3,4)10-14-13)8-9-18(16,17)7-2/h14H,6-11H2,1-5H3. The van der Waals surface area contributed by atoms with E-state index in [0.29, 0.717) is 6.54 Å². The molecule has 108 valence electrons. The average molecular weight is 276 g/mol. The number of hydrogen-bond acceptors (Lipinski definition) is 4. The van der Waals surface area contributed by atoms with E-state index >= 15 is 0 Å². The fraction of sp³-hybridized carbons (Fsp3) is 1.00. The van der Waals surface area contributed by atoms with Crippen LogP contribution in [0.25, 0.3) is 0 Å². The number of piperazine rings is 1. The van der Waals surface area contributed by atoms with Gasteiger partial charge in [-0.1, -0.05) is 13.8 Å². The monoisotopic (exact) mass is 276 g/mol. The summed E-state index contributed by atoms with van der Waals surface area (Å²) >= 11 is 0. The highest BCUT2D eigenvalue weighted by Crippen LogP contribution is 2.25. The summed E-state index contributed by atoms with van der Waals surface area (Å²) in [6.07, 6.45) is 1.06. The van der Waals surface area contributed by atoms with Crippen LogP contribution in [0.15, 0.2) is 0 Å². The van der Waals surface area contributed by atoms with Crippen molar-refractivity contribution in [1.29, 1.82) is 0 Å². The van der Waals surface area contributed by atoms with E-state index in [1.165, 1.54) is 0 Å². The Morgan fingerprint density at radius 2 is 1.83 bits per heavy atom. The topological polar surface area (TPSA) is 49.4 Å². The second-order valence-electron chi connectivity index (χ2n) is 6.24. The maximum Gasteiger partial charge on any atom is 0.151 e. The van der Waals surface area contributed by atoms with Gasteiger partial charge in [0.2, 0.25) is 0 Å². The van der Waals surface area contributed by atoms with Gasteiger partial charge in [-0.2, -0.15) is 0 Å². The summed E-state index contributed by atoms with van der Waals surface area (Å²) in [6, 6.07) is 0.